The zero-order chi connectivity index (χ0) is 26.2. The number of hydrogen-bond acceptors (Lipinski definition) is 6. The van der Waals surface area contributed by atoms with Crippen LogP contribution in [0, 0.1) is 23.6 Å². The Labute approximate surface area is 210 Å². The van der Waals surface area contributed by atoms with Crippen molar-refractivity contribution in [1.29, 1.82) is 0 Å². The van der Waals surface area contributed by atoms with Gasteiger partial charge in [0.2, 0.25) is 5.88 Å². The van der Waals surface area contributed by atoms with Gasteiger partial charge in [-0.3, -0.25) is 4.79 Å². The van der Waals surface area contributed by atoms with E-state index in [1.165, 1.54) is 36.4 Å². The summed E-state index contributed by atoms with van der Waals surface area (Å²) in [6.07, 6.45) is 0.964. The van der Waals surface area contributed by atoms with Gasteiger partial charge in [0, 0.05) is 38.4 Å². The Morgan fingerprint density at radius 3 is 2.89 bits per heavy atom. The lowest BCUT2D eigenvalue weighted by atomic mass is 10.00. The van der Waals surface area contributed by atoms with Gasteiger partial charge in [-0.1, -0.05) is 30.9 Å². The van der Waals surface area contributed by atoms with Crippen molar-refractivity contribution in [3.8, 4) is 17.7 Å². The molecule has 2 heterocycles. The number of rotatable bonds is 6. The number of para-hydroxylation sites is 1. The third-order valence-corrected chi connectivity index (χ3v) is 5.89. The number of halogens is 1. The fraction of sp³-hybridized carbons (Fsp3) is 0.423. The van der Waals surface area contributed by atoms with Gasteiger partial charge in [0.05, 0.1) is 24.9 Å². The molecule has 1 aromatic heterocycles. The highest BCUT2D eigenvalue weighted by molar-refractivity contribution is 5.97. The average Bonchev–Trinajstić information content (AvgIpc) is 2.87. The van der Waals surface area contributed by atoms with Crippen molar-refractivity contribution >= 4 is 17.6 Å². The van der Waals surface area contributed by atoms with Crippen molar-refractivity contribution in [3.05, 3.63) is 53.5 Å². The molecule has 0 spiro atoms. The minimum absolute atomic E-state index is 0.0728. The lowest BCUT2D eigenvalue weighted by Gasteiger charge is -2.37. The number of urea groups is 1. The molecule has 2 aromatic rings. The molecule has 192 valence electrons. The van der Waals surface area contributed by atoms with Crippen LogP contribution in [0.15, 0.2) is 36.5 Å². The van der Waals surface area contributed by atoms with Gasteiger partial charge in [-0.25, -0.2) is 14.2 Å². The first kappa shape index (κ1) is 26.9. The molecule has 0 saturated heterocycles. The maximum Gasteiger partial charge on any atom is 0.321 e. The van der Waals surface area contributed by atoms with Gasteiger partial charge in [0.1, 0.15) is 24.1 Å². The summed E-state index contributed by atoms with van der Waals surface area (Å²) in [6, 6.07) is 6.56. The number of amides is 3. The monoisotopic (exact) mass is 498 g/mol. The molecule has 0 saturated carbocycles. The number of aliphatic hydroxyl groups is 1. The van der Waals surface area contributed by atoms with Gasteiger partial charge in [-0.05, 0) is 25.1 Å². The summed E-state index contributed by atoms with van der Waals surface area (Å²) in [5, 5.41) is 12.3. The first-order valence-corrected chi connectivity index (χ1v) is 11.6. The van der Waals surface area contributed by atoms with Crippen LogP contribution in [0.25, 0.3) is 0 Å². The molecule has 1 aliphatic heterocycles. The van der Waals surface area contributed by atoms with E-state index in [1.54, 1.807) is 31.0 Å². The van der Waals surface area contributed by atoms with Crippen LogP contribution in [0.1, 0.15) is 29.8 Å². The Hall–Kier alpha value is -3.68. The normalized spacial score (nSPS) is 18.1. The number of aromatic nitrogens is 1. The molecule has 3 atom stereocenters. The first-order chi connectivity index (χ1) is 17.2. The highest BCUT2D eigenvalue weighted by Crippen LogP contribution is 2.27. The van der Waals surface area contributed by atoms with Gasteiger partial charge >= 0.3 is 6.03 Å². The zero-order valence-corrected chi connectivity index (χ0v) is 20.8. The average molecular weight is 499 g/mol. The maximum absolute atomic E-state index is 14.0. The smallest absolute Gasteiger partial charge is 0.321 e. The summed E-state index contributed by atoms with van der Waals surface area (Å²) in [6.45, 7) is 4.10. The number of ether oxygens (including phenoxy) is 2. The Morgan fingerprint density at radius 1 is 1.44 bits per heavy atom. The van der Waals surface area contributed by atoms with Crippen molar-refractivity contribution in [3.63, 3.8) is 0 Å². The van der Waals surface area contributed by atoms with Crippen LogP contribution in [0.2, 0.25) is 0 Å². The first-order valence-electron chi connectivity index (χ1n) is 11.6. The fourth-order valence-electron chi connectivity index (χ4n) is 3.72. The van der Waals surface area contributed by atoms with Crippen LogP contribution < -0.4 is 10.1 Å². The molecule has 0 unspecified atom stereocenters. The predicted molar refractivity (Wildman–Crippen MR) is 132 cm³/mol. The number of nitrogens with zero attached hydrogens (tertiary/aromatic N) is 3. The third kappa shape index (κ3) is 6.50. The largest absolute Gasteiger partial charge is 0.472 e. The second-order valence-corrected chi connectivity index (χ2v) is 8.72. The molecule has 1 aliphatic rings. The summed E-state index contributed by atoms with van der Waals surface area (Å²) >= 11 is 0. The quantitative estimate of drug-likeness (QED) is 0.594. The topological polar surface area (TPSA) is 104 Å². The predicted octanol–water partition coefficient (Wildman–Crippen LogP) is 2.60. The van der Waals surface area contributed by atoms with Gasteiger partial charge in [0.25, 0.3) is 5.91 Å². The number of anilines is 1. The van der Waals surface area contributed by atoms with Crippen LogP contribution in [-0.2, 0) is 4.74 Å². The number of nitrogens with one attached hydrogen (secondary N) is 1. The molecule has 2 N–H and O–H groups in total. The van der Waals surface area contributed by atoms with Gasteiger partial charge in [-0.15, -0.1) is 0 Å². The minimum Gasteiger partial charge on any atom is -0.472 e. The SMILES string of the molecule is COCC#Cc1cnc2c(c1)C(=O)N([C@@H](C)CO)C[C@@H](C)[C@@H](CN(C)C(=O)Nc1ccccc1F)O2. The molecule has 3 amide bonds. The van der Waals surface area contributed by atoms with E-state index < -0.39 is 24.0 Å². The molecule has 1 aromatic carbocycles. The van der Waals surface area contributed by atoms with Crippen LogP contribution in [0.3, 0.4) is 0 Å². The summed E-state index contributed by atoms with van der Waals surface area (Å²) < 4.78 is 25.1. The van der Waals surface area contributed by atoms with Crippen molar-refractivity contribution < 1.29 is 28.6 Å². The molecular weight excluding hydrogens is 467 g/mol. The third-order valence-electron chi connectivity index (χ3n) is 5.89. The van der Waals surface area contributed by atoms with E-state index in [0.29, 0.717) is 5.56 Å². The van der Waals surface area contributed by atoms with Crippen molar-refractivity contribution in [2.24, 2.45) is 5.92 Å². The van der Waals surface area contributed by atoms with Crippen LogP contribution in [0.4, 0.5) is 14.9 Å². The van der Waals surface area contributed by atoms with Gasteiger partial charge in [0.15, 0.2) is 0 Å². The number of benzene rings is 1. The maximum atomic E-state index is 14.0. The number of likely N-dealkylation sites (N-methyl/N-ethyl adjacent to an activating group) is 1. The zero-order valence-electron chi connectivity index (χ0n) is 20.8. The van der Waals surface area contributed by atoms with E-state index in [-0.39, 0.29) is 55.3 Å². The van der Waals surface area contributed by atoms with Gasteiger partial charge in [-0.2, -0.15) is 0 Å². The molecule has 36 heavy (non-hydrogen) atoms. The number of hydrogen-bond donors (Lipinski definition) is 2. The second kappa shape index (κ2) is 12.3. The van der Waals surface area contributed by atoms with E-state index in [2.05, 4.69) is 22.1 Å². The van der Waals surface area contributed by atoms with Gasteiger partial charge < -0.3 is 29.7 Å². The highest BCUT2D eigenvalue weighted by atomic mass is 19.1. The Balaban J connectivity index is 1.88. The molecule has 3 rings (SSSR count). The standard InChI is InChI=1S/C26H31FN4O5/c1-17-14-31(18(2)16-32)25(33)20-12-19(8-7-11-35-4)13-28-24(20)36-23(17)15-30(3)26(34)29-22-10-6-5-9-21(22)27/h5-6,9-10,12-13,17-18,23,32H,11,14-16H2,1-4H3,(H,29,34)/t17-,18+,23-/m1/s1. The Morgan fingerprint density at radius 2 is 2.19 bits per heavy atom. The van der Waals surface area contributed by atoms with E-state index in [1.807, 2.05) is 6.92 Å². The van der Waals surface area contributed by atoms with Crippen LogP contribution in [-0.4, -0.2) is 84.4 Å². The number of pyridine rings is 1. The number of aliphatic hydroxyl groups excluding tert-OH is 1. The fourth-order valence-corrected chi connectivity index (χ4v) is 3.72. The Kier molecular flexibility index (Phi) is 9.22. The summed E-state index contributed by atoms with van der Waals surface area (Å²) in [7, 11) is 3.11. The summed E-state index contributed by atoms with van der Waals surface area (Å²) in [5.41, 5.74) is 0.810. The van der Waals surface area contributed by atoms with E-state index in [4.69, 9.17) is 9.47 Å². The van der Waals surface area contributed by atoms with Crippen LogP contribution >= 0.6 is 0 Å². The van der Waals surface area contributed by atoms with Crippen LogP contribution in [0.5, 0.6) is 5.88 Å². The van der Waals surface area contributed by atoms with E-state index in [0.717, 1.165) is 0 Å². The summed E-state index contributed by atoms with van der Waals surface area (Å²) in [5.74, 6) is 4.76. The number of fused-ring (bicyclic) bond motifs is 1. The van der Waals surface area contributed by atoms with E-state index in [9.17, 15) is 19.1 Å². The lowest BCUT2D eigenvalue weighted by molar-refractivity contribution is 0.0356. The number of carbonyl (C=O) groups excluding carboxylic acids is 2. The lowest BCUT2D eigenvalue weighted by Crippen LogP contribution is -2.50. The Bertz CT molecular complexity index is 1150. The number of methoxy groups -OCH3 is 1. The van der Waals surface area contributed by atoms with E-state index >= 15 is 0 Å². The molecule has 0 fully saturated rings. The number of carbonyl (C=O) groups is 2. The molecule has 0 radical (unpaired) electrons. The highest BCUT2D eigenvalue weighted by Gasteiger charge is 2.34. The molecule has 9 nitrogen and oxygen atoms in total. The van der Waals surface area contributed by atoms with Crippen molar-refractivity contribution in [2.45, 2.75) is 26.0 Å². The van der Waals surface area contributed by atoms with Crippen molar-refractivity contribution in [2.75, 3.05) is 45.8 Å². The minimum atomic E-state index is -0.542. The van der Waals surface area contributed by atoms with Crippen molar-refractivity contribution in [1.82, 2.24) is 14.8 Å². The molecular formula is C26H31FN4O5. The summed E-state index contributed by atoms with van der Waals surface area (Å²) in [4.78, 5) is 33.4. The molecule has 0 bridgehead atoms. The second-order valence-electron chi connectivity index (χ2n) is 8.72. The molecule has 0 aliphatic carbocycles. The molecule has 10 heteroatoms.